The van der Waals surface area contributed by atoms with E-state index < -0.39 is 17.6 Å². The van der Waals surface area contributed by atoms with E-state index in [1.54, 1.807) is 41.4 Å². The lowest BCUT2D eigenvalue weighted by Gasteiger charge is -2.35. The molecule has 4 heterocycles. The van der Waals surface area contributed by atoms with Crippen molar-refractivity contribution in [3.05, 3.63) is 42.2 Å². The number of hydrogen-bond acceptors (Lipinski definition) is 5. The summed E-state index contributed by atoms with van der Waals surface area (Å²) >= 11 is 0. The number of hydrogen-bond donors (Lipinski definition) is 1. The molecular weight excluding hydrogens is 380 g/mol. The van der Waals surface area contributed by atoms with Gasteiger partial charge in [0.15, 0.2) is 11.6 Å². The maximum absolute atomic E-state index is 13.2. The van der Waals surface area contributed by atoms with E-state index in [0.717, 1.165) is 18.7 Å². The number of carbonyl (C=O) groups excluding carboxylic acids is 2. The van der Waals surface area contributed by atoms with Crippen molar-refractivity contribution >= 4 is 29.1 Å². The summed E-state index contributed by atoms with van der Waals surface area (Å²) in [5.74, 6) is -3.27. The highest BCUT2D eigenvalue weighted by atomic mass is 19.3. The van der Waals surface area contributed by atoms with Crippen LogP contribution in [0.3, 0.4) is 0 Å². The van der Waals surface area contributed by atoms with E-state index in [4.69, 9.17) is 0 Å². The Hall–Kier alpha value is -3.10. The number of halogens is 2. The molecule has 3 aliphatic rings. The van der Waals surface area contributed by atoms with Crippen LogP contribution >= 0.6 is 0 Å². The minimum Gasteiger partial charge on any atom is -0.366 e. The number of ketones is 1. The van der Waals surface area contributed by atoms with Crippen molar-refractivity contribution in [2.75, 3.05) is 28.2 Å². The van der Waals surface area contributed by atoms with Crippen LogP contribution < -0.4 is 15.1 Å². The molecule has 2 bridgehead atoms. The zero-order chi connectivity index (χ0) is 20.2. The van der Waals surface area contributed by atoms with E-state index in [0.29, 0.717) is 18.2 Å². The standard InChI is InChI=1S/C20H19F2N5O2/c21-20(22)10-12(20)9-16(28)14-4-5-15-18(24-14)27(13-6-8-26(15)11-13)19(29)25-17-3-1-2-7-23-17/h1-5,7,12-13H,6,8-11H2,(H,23,25,29)/t12?,13-/m0/s1. The van der Waals surface area contributed by atoms with E-state index in [9.17, 15) is 18.4 Å². The van der Waals surface area contributed by atoms with Crippen LogP contribution in [-0.4, -0.2) is 46.8 Å². The molecule has 29 heavy (non-hydrogen) atoms. The molecule has 1 N–H and O–H groups in total. The lowest BCUT2D eigenvalue weighted by Crippen LogP contribution is -2.48. The molecule has 2 amide bonds. The molecule has 1 saturated carbocycles. The molecule has 150 valence electrons. The number of nitrogens with zero attached hydrogens (tertiary/aromatic N) is 4. The number of Topliss-reactive ketones (excluding diaryl/α,β-unsaturated/α-hetero) is 1. The van der Waals surface area contributed by atoms with E-state index in [1.165, 1.54) is 0 Å². The summed E-state index contributed by atoms with van der Waals surface area (Å²) in [5.41, 5.74) is 0.882. The number of anilines is 3. The largest absolute Gasteiger partial charge is 0.366 e. The first-order valence-electron chi connectivity index (χ1n) is 9.60. The van der Waals surface area contributed by atoms with Crippen molar-refractivity contribution in [1.29, 1.82) is 0 Å². The van der Waals surface area contributed by atoms with Crippen LogP contribution in [0.2, 0.25) is 0 Å². The zero-order valence-corrected chi connectivity index (χ0v) is 15.5. The third-order valence-electron chi connectivity index (χ3n) is 5.74. The maximum Gasteiger partial charge on any atom is 0.329 e. The Kier molecular flexibility index (Phi) is 4.01. The van der Waals surface area contributed by atoms with E-state index >= 15 is 0 Å². The number of urea groups is 1. The molecule has 2 aliphatic heterocycles. The maximum atomic E-state index is 13.2. The van der Waals surface area contributed by atoms with Gasteiger partial charge in [-0.3, -0.25) is 15.0 Å². The minimum atomic E-state index is -2.75. The van der Waals surface area contributed by atoms with Crippen LogP contribution in [0.25, 0.3) is 0 Å². The summed E-state index contributed by atoms with van der Waals surface area (Å²) in [7, 11) is 0. The Morgan fingerprint density at radius 3 is 2.79 bits per heavy atom. The highest BCUT2D eigenvalue weighted by Gasteiger charge is 2.57. The highest BCUT2D eigenvalue weighted by Crippen LogP contribution is 2.51. The summed E-state index contributed by atoms with van der Waals surface area (Å²) in [6.07, 6.45) is 1.88. The number of aromatic nitrogens is 2. The fourth-order valence-electron chi connectivity index (χ4n) is 4.05. The van der Waals surface area contributed by atoms with Gasteiger partial charge in [-0.2, -0.15) is 0 Å². The molecular formula is C20H19F2N5O2. The van der Waals surface area contributed by atoms with E-state index in [-0.39, 0.29) is 30.6 Å². The van der Waals surface area contributed by atoms with Crippen molar-refractivity contribution in [3.8, 4) is 0 Å². The molecule has 1 aliphatic carbocycles. The predicted octanol–water partition coefficient (Wildman–Crippen LogP) is 3.34. The average Bonchev–Trinajstić information content (AvgIpc) is 3.09. The second kappa shape index (κ2) is 6.47. The summed E-state index contributed by atoms with van der Waals surface area (Å²) < 4.78 is 26.4. The molecule has 2 fully saturated rings. The first-order valence-corrected chi connectivity index (χ1v) is 9.60. The smallest absolute Gasteiger partial charge is 0.329 e. The van der Waals surface area contributed by atoms with E-state index in [1.807, 2.05) is 0 Å². The Morgan fingerprint density at radius 2 is 2.07 bits per heavy atom. The van der Waals surface area contributed by atoms with Gasteiger partial charge in [0.1, 0.15) is 11.5 Å². The molecule has 2 atom stereocenters. The second-order valence-corrected chi connectivity index (χ2v) is 7.73. The van der Waals surface area contributed by atoms with Gasteiger partial charge >= 0.3 is 6.03 Å². The first-order chi connectivity index (χ1) is 13.9. The van der Waals surface area contributed by atoms with Gasteiger partial charge in [0.2, 0.25) is 0 Å². The number of carbonyl (C=O) groups is 2. The third kappa shape index (κ3) is 3.20. The molecule has 1 saturated heterocycles. The molecule has 0 aromatic carbocycles. The van der Waals surface area contributed by atoms with Gasteiger partial charge in [0, 0.05) is 38.0 Å². The molecule has 0 spiro atoms. The van der Waals surface area contributed by atoms with Gasteiger partial charge in [-0.1, -0.05) is 6.07 Å². The highest BCUT2D eigenvalue weighted by molar-refractivity contribution is 6.05. The molecule has 2 aromatic rings. The van der Waals surface area contributed by atoms with Gasteiger partial charge in [-0.15, -0.1) is 0 Å². The van der Waals surface area contributed by atoms with Crippen LogP contribution in [0, 0.1) is 5.92 Å². The number of pyridine rings is 2. The molecule has 5 rings (SSSR count). The molecule has 2 aromatic heterocycles. The molecule has 1 unspecified atom stereocenters. The number of amides is 2. The lowest BCUT2D eigenvalue weighted by molar-refractivity contribution is 0.0830. The second-order valence-electron chi connectivity index (χ2n) is 7.73. The number of alkyl halides is 2. The van der Waals surface area contributed by atoms with Crippen molar-refractivity contribution in [2.24, 2.45) is 5.92 Å². The monoisotopic (exact) mass is 399 g/mol. The van der Waals surface area contributed by atoms with Gasteiger partial charge in [0.05, 0.1) is 11.7 Å². The van der Waals surface area contributed by atoms with Crippen LogP contribution in [0.4, 0.5) is 30.9 Å². The fourth-order valence-corrected chi connectivity index (χ4v) is 4.05. The topological polar surface area (TPSA) is 78.4 Å². The Bertz CT molecular complexity index is 984. The SMILES string of the molecule is O=C(CC1CC1(F)F)c1ccc2c(n1)N(C(=O)Nc1ccccn1)[C@H]1CCN2C1. The van der Waals surface area contributed by atoms with Gasteiger partial charge in [-0.05, 0) is 30.7 Å². The van der Waals surface area contributed by atoms with Gasteiger partial charge < -0.3 is 4.90 Å². The zero-order valence-electron chi connectivity index (χ0n) is 15.5. The van der Waals surface area contributed by atoms with Crippen LogP contribution in [-0.2, 0) is 0 Å². The number of rotatable bonds is 4. The quantitative estimate of drug-likeness (QED) is 0.798. The fraction of sp³-hybridized carbons (Fsp3) is 0.400. The Balaban J connectivity index is 1.44. The predicted molar refractivity (Wildman–Crippen MR) is 103 cm³/mol. The normalized spacial score (nSPS) is 23.5. The summed E-state index contributed by atoms with van der Waals surface area (Å²) in [6, 6.07) is 8.08. The average molecular weight is 399 g/mol. The minimum absolute atomic E-state index is 0.0724. The van der Waals surface area contributed by atoms with Crippen molar-refractivity contribution in [1.82, 2.24) is 9.97 Å². The summed E-state index contributed by atoms with van der Waals surface area (Å²) in [5, 5.41) is 2.77. The van der Waals surface area contributed by atoms with Crippen molar-refractivity contribution < 1.29 is 18.4 Å². The number of nitrogens with one attached hydrogen (secondary N) is 1. The van der Waals surface area contributed by atoms with E-state index in [2.05, 4.69) is 20.2 Å². The molecule has 9 heteroatoms. The lowest BCUT2D eigenvalue weighted by atomic mass is 10.1. The first kappa shape index (κ1) is 18.0. The van der Waals surface area contributed by atoms with Gasteiger partial charge in [0.25, 0.3) is 5.92 Å². The summed E-state index contributed by atoms with van der Waals surface area (Å²) in [4.78, 5) is 37.7. The Labute approximate surface area is 165 Å². The van der Waals surface area contributed by atoms with Crippen LogP contribution in [0.1, 0.15) is 29.8 Å². The molecule has 0 radical (unpaired) electrons. The third-order valence-corrected chi connectivity index (χ3v) is 5.74. The van der Waals surface area contributed by atoms with Crippen molar-refractivity contribution in [3.63, 3.8) is 0 Å². The Morgan fingerprint density at radius 1 is 1.24 bits per heavy atom. The molecule has 7 nitrogen and oxygen atoms in total. The summed E-state index contributed by atoms with van der Waals surface area (Å²) in [6.45, 7) is 1.47. The van der Waals surface area contributed by atoms with Gasteiger partial charge in [-0.25, -0.2) is 23.5 Å². The number of fused-ring (bicyclic) bond motifs is 4. The van der Waals surface area contributed by atoms with Crippen LogP contribution in [0.15, 0.2) is 36.5 Å². The van der Waals surface area contributed by atoms with Crippen molar-refractivity contribution in [2.45, 2.75) is 31.2 Å². The van der Waals surface area contributed by atoms with Crippen LogP contribution in [0.5, 0.6) is 0 Å².